The van der Waals surface area contributed by atoms with Crippen LogP contribution in [0.2, 0.25) is 0 Å². The molecule has 0 amide bonds. The highest BCUT2D eigenvalue weighted by Gasteiger charge is 2.34. The first kappa shape index (κ1) is 17.4. The Balaban J connectivity index is 1.83. The maximum absolute atomic E-state index is 14.3. The Kier molecular flexibility index (Phi) is 4.40. The van der Waals surface area contributed by atoms with Crippen molar-refractivity contribution in [2.45, 2.75) is 12.5 Å². The van der Waals surface area contributed by atoms with Crippen LogP contribution in [0.5, 0.6) is 5.75 Å². The van der Waals surface area contributed by atoms with Crippen molar-refractivity contribution in [2.75, 3.05) is 6.54 Å². The lowest BCUT2D eigenvalue weighted by atomic mass is 9.85. The molecule has 1 aliphatic rings. The van der Waals surface area contributed by atoms with E-state index >= 15 is 0 Å². The van der Waals surface area contributed by atoms with E-state index in [9.17, 15) is 13.2 Å². The van der Waals surface area contributed by atoms with Crippen LogP contribution in [-0.2, 0) is 6.42 Å². The van der Waals surface area contributed by atoms with Crippen LogP contribution in [0, 0.1) is 23.4 Å². The number of nitrogens with two attached hydrogens (primary N) is 1. The molecule has 1 heterocycles. The van der Waals surface area contributed by atoms with Gasteiger partial charge in [-0.2, -0.15) is 0 Å². The Labute approximate surface area is 156 Å². The van der Waals surface area contributed by atoms with E-state index in [4.69, 9.17) is 10.5 Å². The Hall–Kier alpha value is -2.05. The molecule has 0 aromatic heterocycles. The van der Waals surface area contributed by atoms with Gasteiger partial charge in [0.25, 0.3) is 0 Å². The Morgan fingerprint density at radius 2 is 1.73 bits per heavy atom. The van der Waals surface area contributed by atoms with Gasteiger partial charge in [0.05, 0.1) is 0 Å². The zero-order chi connectivity index (χ0) is 18.4. The topological polar surface area (TPSA) is 35.2 Å². The minimum Gasteiger partial charge on any atom is -0.485 e. The molecule has 2 N–H and O–H groups in total. The predicted molar refractivity (Wildman–Crippen MR) is 97.6 cm³/mol. The lowest BCUT2D eigenvalue weighted by Gasteiger charge is -2.34. The molecule has 2 atom stereocenters. The minimum absolute atomic E-state index is 0.0145. The number of hydrogen-bond acceptors (Lipinski definition) is 2. The number of ether oxygens (including phenoxy) is 1. The number of halogens is 4. The van der Waals surface area contributed by atoms with Crippen LogP contribution in [0.3, 0.4) is 0 Å². The largest absolute Gasteiger partial charge is 0.485 e. The lowest BCUT2D eigenvalue weighted by Crippen LogP contribution is -2.32. The van der Waals surface area contributed by atoms with Gasteiger partial charge in [-0.15, -0.1) is 0 Å². The fraction of sp³-hybridized carbons (Fsp3) is 0.200. The van der Waals surface area contributed by atoms with Gasteiger partial charge in [0.2, 0.25) is 0 Å². The van der Waals surface area contributed by atoms with Crippen molar-refractivity contribution in [3.63, 3.8) is 0 Å². The van der Waals surface area contributed by atoms with Gasteiger partial charge < -0.3 is 10.5 Å². The summed E-state index contributed by atoms with van der Waals surface area (Å²) in [7, 11) is 0. The maximum Gasteiger partial charge on any atom is 0.161 e. The van der Waals surface area contributed by atoms with E-state index in [1.165, 1.54) is 0 Å². The van der Waals surface area contributed by atoms with Crippen molar-refractivity contribution in [3.05, 3.63) is 75.5 Å². The average Bonchev–Trinajstić information content (AvgIpc) is 2.63. The molecular weight excluding hydrogens is 407 g/mol. The number of benzene rings is 3. The van der Waals surface area contributed by atoms with E-state index in [1.54, 1.807) is 0 Å². The summed E-state index contributed by atoms with van der Waals surface area (Å²) < 4.78 is 48.2. The molecule has 134 valence electrons. The van der Waals surface area contributed by atoms with Gasteiger partial charge in [-0.3, -0.25) is 0 Å². The van der Waals surface area contributed by atoms with Crippen molar-refractivity contribution in [1.82, 2.24) is 0 Å². The van der Waals surface area contributed by atoms with E-state index in [1.807, 2.05) is 30.3 Å². The summed E-state index contributed by atoms with van der Waals surface area (Å²) in [4.78, 5) is 0. The van der Waals surface area contributed by atoms with Gasteiger partial charge >= 0.3 is 0 Å². The standard InChI is InChI=1S/C20H15BrF3NO/c21-12-3-1-10-2-4-19-14(13(10)6-12)5-11(9-25)20(26-19)15-7-17(23)18(24)8-16(15)22/h1-4,6-8,11,20H,5,9,25H2. The first-order valence-electron chi connectivity index (χ1n) is 8.20. The molecule has 0 saturated carbocycles. The Bertz CT molecular complexity index is 1010. The molecule has 0 fully saturated rings. The number of rotatable bonds is 2. The first-order chi connectivity index (χ1) is 12.5. The van der Waals surface area contributed by atoms with Gasteiger partial charge in [0, 0.05) is 27.6 Å². The van der Waals surface area contributed by atoms with Crippen LogP contribution in [0.1, 0.15) is 17.2 Å². The fourth-order valence-corrected chi connectivity index (χ4v) is 3.90. The van der Waals surface area contributed by atoms with Crippen molar-refractivity contribution in [3.8, 4) is 5.75 Å². The predicted octanol–water partition coefficient (Wildman–Crippen LogP) is 5.27. The molecule has 0 radical (unpaired) electrons. The van der Waals surface area contributed by atoms with Gasteiger partial charge in [-0.05, 0) is 48.0 Å². The Morgan fingerprint density at radius 1 is 1.00 bits per heavy atom. The van der Waals surface area contributed by atoms with Crippen LogP contribution < -0.4 is 10.5 Å². The third-order valence-corrected chi connectivity index (χ3v) is 5.34. The van der Waals surface area contributed by atoms with E-state index in [-0.39, 0.29) is 18.0 Å². The molecule has 3 aromatic rings. The molecule has 4 rings (SSSR count). The molecule has 1 aliphatic heterocycles. The summed E-state index contributed by atoms with van der Waals surface area (Å²) >= 11 is 3.47. The highest BCUT2D eigenvalue weighted by Crippen LogP contribution is 2.42. The summed E-state index contributed by atoms with van der Waals surface area (Å²) in [5, 5.41) is 2.09. The second-order valence-electron chi connectivity index (χ2n) is 6.43. The van der Waals surface area contributed by atoms with E-state index in [0.29, 0.717) is 18.2 Å². The fourth-order valence-electron chi connectivity index (χ4n) is 3.54. The van der Waals surface area contributed by atoms with E-state index in [2.05, 4.69) is 15.9 Å². The van der Waals surface area contributed by atoms with Gasteiger partial charge in [-0.1, -0.05) is 28.1 Å². The third-order valence-electron chi connectivity index (χ3n) is 4.85. The second-order valence-corrected chi connectivity index (χ2v) is 7.35. The molecule has 6 heteroatoms. The van der Waals surface area contributed by atoms with Crippen molar-refractivity contribution in [1.29, 1.82) is 0 Å². The van der Waals surface area contributed by atoms with Crippen LogP contribution >= 0.6 is 15.9 Å². The minimum atomic E-state index is -1.22. The molecule has 2 unspecified atom stereocenters. The quantitative estimate of drug-likeness (QED) is 0.572. The van der Waals surface area contributed by atoms with Gasteiger partial charge in [0.15, 0.2) is 11.6 Å². The molecular formula is C20H15BrF3NO. The SMILES string of the molecule is NCC1Cc2c(ccc3ccc(Br)cc23)OC1c1cc(F)c(F)cc1F. The van der Waals surface area contributed by atoms with Crippen molar-refractivity contribution >= 4 is 26.7 Å². The van der Waals surface area contributed by atoms with E-state index in [0.717, 1.165) is 26.9 Å². The van der Waals surface area contributed by atoms with Crippen LogP contribution in [0.25, 0.3) is 10.8 Å². The van der Waals surface area contributed by atoms with Crippen molar-refractivity contribution in [2.24, 2.45) is 11.7 Å². The van der Waals surface area contributed by atoms with Crippen LogP contribution in [0.15, 0.2) is 46.9 Å². The lowest BCUT2D eigenvalue weighted by molar-refractivity contribution is 0.114. The first-order valence-corrected chi connectivity index (χ1v) is 8.99. The van der Waals surface area contributed by atoms with E-state index < -0.39 is 23.6 Å². The highest BCUT2D eigenvalue weighted by atomic mass is 79.9. The molecule has 0 spiro atoms. The maximum atomic E-state index is 14.3. The summed E-state index contributed by atoms with van der Waals surface area (Å²) in [6.07, 6.45) is -0.213. The second kappa shape index (κ2) is 6.59. The monoisotopic (exact) mass is 421 g/mol. The average molecular weight is 422 g/mol. The summed E-state index contributed by atoms with van der Waals surface area (Å²) in [6.45, 7) is 0.229. The molecule has 0 saturated heterocycles. The molecule has 26 heavy (non-hydrogen) atoms. The highest BCUT2D eigenvalue weighted by molar-refractivity contribution is 9.10. The van der Waals surface area contributed by atoms with Gasteiger partial charge in [-0.25, -0.2) is 13.2 Å². The Morgan fingerprint density at radius 3 is 2.50 bits per heavy atom. The number of fused-ring (bicyclic) bond motifs is 3. The number of hydrogen-bond donors (Lipinski definition) is 1. The van der Waals surface area contributed by atoms with Crippen LogP contribution in [0.4, 0.5) is 13.2 Å². The molecule has 2 nitrogen and oxygen atoms in total. The smallest absolute Gasteiger partial charge is 0.161 e. The summed E-state index contributed by atoms with van der Waals surface area (Å²) in [6, 6.07) is 11.1. The third kappa shape index (κ3) is 2.87. The van der Waals surface area contributed by atoms with Gasteiger partial charge in [0.1, 0.15) is 17.7 Å². The molecule has 0 aliphatic carbocycles. The van der Waals surface area contributed by atoms with Crippen LogP contribution in [-0.4, -0.2) is 6.54 Å². The summed E-state index contributed by atoms with van der Waals surface area (Å²) in [5.74, 6) is -2.81. The molecule has 0 bridgehead atoms. The zero-order valence-corrected chi connectivity index (χ0v) is 15.2. The molecule has 3 aromatic carbocycles. The zero-order valence-electron chi connectivity index (χ0n) is 13.6. The van der Waals surface area contributed by atoms with Crippen molar-refractivity contribution < 1.29 is 17.9 Å². The summed E-state index contributed by atoms with van der Waals surface area (Å²) in [5.41, 5.74) is 6.87. The normalized spacial score (nSPS) is 19.3.